The van der Waals surface area contributed by atoms with Crippen molar-refractivity contribution in [3.8, 4) is 0 Å². The Kier molecular flexibility index (Phi) is 10.2. The molecule has 2 bridgehead atoms. The van der Waals surface area contributed by atoms with Gasteiger partial charge in [-0.3, -0.25) is 14.4 Å². The molecule has 7 heteroatoms. The Balaban J connectivity index is 1.69. The second kappa shape index (κ2) is 12.6. The van der Waals surface area contributed by atoms with Crippen LogP contribution in [0.4, 0.5) is 0 Å². The number of unbranched alkanes of at least 4 members (excludes halogenated alkanes) is 3. The molecule has 0 aromatic rings. The first-order chi connectivity index (χ1) is 14.0. The van der Waals surface area contributed by atoms with Gasteiger partial charge in [0, 0.05) is 25.4 Å². The molecule has 4 atom stereocenters. The minimum atomic E-state index is -0.759. The molecule has 3 N–H and O–H groups in total. The van der Waals surface area contributed by atoms with Gasteiger partial charge in [0.05, 0.1) is 12.2 Å². The highest BCUT2D eigenvalue weighted by molar-refractivity contribution is 5.96. The van der Waals surface area contributed by atoms with Crippen LogP contribution in [0.15, 0.2) is 12.2 Å². The summed E-state index contributed by atoms with van der Waals surface area (Å²) in [5.41, 5.74) is 0. The third kappa shape index (κ3) is 8.17. The number of carboxylic acid groups (broad SMARTS) is 1. The molecular formula is C22H36N2O5. The average molecular weight is 409 g/mol. The van der Waals surface area contributed by atoms with Crippen LogP contribution in [0.3, 0.4) is 0 Å². The molecule has 2 amide bonds. The van der Waals surface area contributed by atoms with E-state index < -0.39 is 5.97 Å². The lowest BCUT2D eigenvalue weighted by Gasteiger charge is -2.27. The molecule has 0 aliphatic carbocycles. The van der Waals surface area contributed by atoms with Crippen molar-refractivity contribution in [2.24, 2.45) is 11.8 Å². The molecule has 0 aromatic carbocycles. The minimum Gasteiger partial charge on any atom is -0.481 e. The van der Waals surface area contributed by atoms with Gasteiger partial charge in [0.25, 0.3) is 0 Å². The summed E-state index contributed by atoms with van der Waals surface area (Å²) in [7, 11) is 0. The van der Waals surface area contributed by atoms with Crippen LogP contribution in [0.25, 0.3) is 0 Å². The van der Waals surface area contributed by atoms with E-state index in [1.54, 1.807) is 0 Å². The molecule has 0 unspecified atom stereocenters. The minimum absolute atomic E-state index is 0.123. The van der Waals surface area contributed by atoms with E-state index in [9.17, 15) is 14.4 Å². The number of nitrogens with one attached hydrogen (secondary N) is 2. The highest BCUT2D eigenvalue weighted by Gasteiger charge is 2.47. The number of carbonyl (C=O) groups is 3. The number of carbonyl (C=O) groups excluding carboxylic acids is 2. The molecule has 2 fully saturated rings. The van der Waals surface area contributed by atoms with Crippen molar-refractivity contribution in [2.45, 2.75) is 83.3 Å². The topological polar surface area (TPSA) is 105 Å². The maximum atomic E-state index is 12.1. The molecule has 2 aliphatic rings. The molecule has 0 aromatic heterocycles. The first kappa shape index (κ1) is 23.4. The molecule has 29 heavy (non-hydrogen) atoms. The van der Waals surface area contributed by atoms with Crippen molar-refractivity contribution in [2.75, 3.05) is 13.1 Å². The average Bonchev–Trinajstić information content (AvgIpc) is 3.28. The van der Waals surface area contributed by atoms with Gasteiger partial charge < -0.3 is 20.5 Å². The van der Waals surface area contributed by atoms with Gasteiger partial charge in [0.2, 0.25) is 11.8 Å². The molecule has 2 saturated heterocycles. The lowest BCUT2D eigenvalue weighted by molar-refractivity contribution is -0.137. The summed E-state index contributed by atoms with van der Waals surface area (Å²) in [5.74, 6) is -0.570. The summed E-state index contributed by atoms with van der Waals surface area (Å²) in [4.78, 5) is 34.5. The number of aliphatic carboxylic acids is 1. The molecular weight excluding hydrogens is 372 g/mol. The predicted octanol–water partition coefficient (Wildman–Crippen LogP) is 2.79. The molecule has 0 spiro atoms. The van der Waals surface area contributed by atoms with Crippen LogP contribution in [0.5, 0.6) is 0 Å². The maximum absolute atomic E-state index is 12.1. The molecule has 2 rings (SSSR count). The predicted molar refractivity (Wildman–Crippen MR) is 110 cm³/mol. The highest BCUT2D eigenvalue weighted by atomic mass is 16.5. The number of rotatable bonds is 14. The Bertz CT molecular complexity index is 578. The molecule has 2 heterocycles. The van der Waals surface area contributed by atoms with E-state index in [0.717, 1.165) is 44.9 Å². The zero-order valence-electron chi connectivity index (χ0n) is 17.5. The number of allylic oxidation sites excluding steroid dienone is 2. The van der Waals surface area contributed by atoms with Crippen molar-refractivity contribution in [3.63, 3.8) is 0 Å². The van der Waals surface area contributed by atoms with Gasteiger partial charge in [-0.1, -0.05) is 31.9 Å². The Morgan fingerprint density at radius 2 is 1.72 bits per heavy atom. The largest absolute Gasteiger partial charge is 0.481 e. The lowest BCUT2D eigenvalue weighted by Crippen LogP contribution is -2.39. The van der Waals surface area contributed by atoms with Crippen molar-refractivity contribution in [1.29, 1.82) is 0 Å². The van der Waals surface area contributed by atoms with Crippen molar-refractivity contribution in [1.82, 2.24) is 10.6 Å². The fraction of sp³-hybridized carbons (Fsp3) is 0.773. The van der Waals surface area contributed by atoms with Crippen LogP contribution in [-0.4, -0.2) is 48.2 Å². The summed E-state index contributed by atoms with van der Waals surface area (Å²) in [6.07, 6.45) is 12.2. The van der Waals surface area contributed by atoms with E-state index in [-0.39, 0.29) is 42.8 Å². The van der Waals surface area contributed by atoms with E-state index in [2.05, 4.69) is 23.6 Å². The smallest absolute Gasteiger partial charge is 0.303 e. The van der Waals surface area contributed by atoms with Gasteiger partial charge in [-0.25, -0.2) is 0 Å². The van der Waals surface area contributed by atoms with Gasteiger partial charge in [0.15, 0.2) is 0 Å². The highest BCUT2D eigenvalue weighted by Crippen LogP contribution is 2.44. The van der Waals surface area contributed by atoms with Crippen molar-refractivity contribution >= 4 is 17.8 Å². The number of hydrogen-bond acceptors (Lipinski definition) is 4. The Morgan fingerprint density at radius 1 is 1.00 bits per heavy atom. The molecule has 7 nitrogen and oxygen atoms in total. The Labute approximate surface area is 173 Å². The maximum Gasteiger partial charge on any atom is 0.303 e. The Morgan fingerprint density at radius 3 is 2.45 bits per heavy atom. The summed E-state index contributed by atoms with van der Waals surface area (Å²) in [6, 6.07) is 0. The number of amides is 2. The van der Waals surface area contributed by atoms with E-state index in [0.29, 0.717) is 25.4 Å². The van der Waals surface area contributed by atoms with Crippen LogP contribution >= 0.6 is 0 Å². The van der Waals surface area contributed by atoms with Crippen LogP contribution < -0.4 is 10.6 Å². The zero-order valence-corrected chi connectivity index (χ0v) is 17.5. The summed E-state index contributed by atoms with van der Waals surface area (Å²) >= 11 is 0. The Hall–Kier alpha value is -1.89. The third-order valence-corrected chi connectivity index (χ3v) is 5.89. The van der Waals surface area contributed by atoms with Gasteiger partial charge in [-0.05, 0) is 44.4 Å². The van der Waals surface area contributed by atoms with Crippen LogP contribution in [0.1, 0.15) is 71.1 Å². The molecule has 2 aliphatic heterocycles. The summed E-state index contributed by atoms with van der Waals surface area (Å²) < 4.78 is 6.05. The zero-order chi connectivity index (χ0) is 21.1. The fourth-order valence-corrected chi connectivity index (χ4v) is 4.33. The number of hydrogen-bond donors (Lipinski definition) is 3. The van der Waals surface area contributed by atoms with E-state index >= 15 is 0 Å². The number of carboxylic acids is 1. The second-order valence-corrected chi connectivity index (χ2v) is 8.15. The van der Waals surface area contributed by atoms with Gasteiger partial charge in [0.1, 0.15) is 6.42 Å². The fourth-order valence-electron chi connectivity index (χ4n) is 4.33. The van der Waals surface area contributed by atoms with Crippen LogP contribution in [0, 0.1) is 11.8 Å². The SMILES string of the molecule is CCCCCNC(=O)CC(=O)NC[C@H]1[C@@H](CC=CCCCC(=O)O)[C@H]2CC[C@@H]1O2. The van der Waals surface area contributed by atoms with Gasteiger partial charge >= 0.3 is 5.97 Å². The van der Waals surface area contributed by atoms with Gasteiger partial charge in [-0.15, -0.1) is 0 Å². The van der Waals surface area contributed by atoms with E-state index in [4.69, 9.17) is 9.84 Å². The van der Waals surface area contributed by atoms with Crippen LogP contribution in [0.2, 0.25) is 0 Å². The standard InChI is InChI=1S/C22H36N2O5/c1-2-3-8-13-23-20(25)14-21(26)24-15-17-16(18-11-12-19(17)29-18)9-6-4-5-7-10-22(27)28/h4,6,16-19H,2-3,5,7-15H2,1H3,(H,23,25)(H,24,26)(H,27,28)/t16-,17+,18-,19+/m1/s1. The lowest BCUT2D eigenvalue weighted by atomic mass is 9.77. The number of fused-ring (bicyclic) bond motifs is 2. The molecule has 0 saturated carbocycles. The van der Waals surface area contributed by atoms with E-state index in [1.165, 1.54) is 0 Å². The summed E-state index contributed by atoms with van der Waals surface area (Å²) in [5, 5.41) is 14.4. The summed E-state index contributed by atoms with van der Waals surface area (Å²) in [6.45, 7) is 3.28. The van der Waals surface area contributed by atoms with E-state index in [1.807, 2.05) is 6.08 Å². The third-order valence-electron chi connectivity index (χ3n) is 5.89. The first-order valence-corrected chi connectivity index (χ1v) is 11.1. The first-order valence-electron chi connectivity index (χ1n) is 11.1. The van der Waals surface area contributed by atoms with Crippen molar-refractivity contribution in [3.05, 3.63) is 12.2 Å². The van der Waals surface area contributed by atoms with Gasteiger partial charge in [-0.2, -0.15) is 0 Å². The second-order valence-electron chi connectivity index (χ2n) is 8.15. The normalized spacial score (nSPS) is 25.4. The van der Waals surface area contributed by atoms with Crippen molar-refractivity contribution < 1.29 is 24.2 Å². The van der Waals surface area contributed by atoms with Crippen LogP contribution in [-0.2, 0) is 19.1 Å². The molecule has 164 valence electrons. The molecule has 0 radical (unpaired) electrons. The monoisotopic (exact) mass is 408 g/mol. The quantitative estimate of drug-likeness (QED) is 0.233. The number of ether oxygens (including phenoxy) is 1.